The largest absolute Gasteiger partial charge is 0.363 e. The Morgan fingerprint density at radius 2 is 2.29 bits per heavy atom. The Morgan fingerprint density at radius 3 is 2.86 bits per heavy atom. The number of hydrogen-bond acceptors (Lipinski definition) is 2. The van der Waals surface area contributed by atoms with Crippen LogP contribution in [0.1, 0.15) is 19.5 Å². The van der Waals surface area contributed by atoms with E-state index in [2.05, 4.69) is 22.7 Å². The van der Waals surface area contributed by atoms with Gasteiger partial charge in [-0.15, -0.1) is 0 Å². The van der Waals surface area contributed by atoms with Gasteiger partial charge in [0.05, 0.1) is 12.2 Å². The lowest BCUT2D eigenvalue weighted by Gasteiger charge is -2.06. The van der Waals surface area contributed by atoms with Crippen LogP contribution in [0.4, 0.5) is 0 Å². The molecule has 0 spiro atoms. The summed E-state index contributed by atoms with van der Waals surface area (Å²) in [5, 5.41) is 11.1. The normalized spacial score (nSPS) is 9.86. The third kappa shape index (κ3) is 3.33. The molecule has 0 amide bonds. The minimum Gasteiger partial charge on any atom is -0.363 e. The lowest BCUT2D eigenvalue weighted by molar-refractivity contribution is 0.642. The molecule has 0 bridgehead atoms. The Labute approximate surface area is 89.7 Å². The highest BCUT2D eigenvalue weighted by Gasteiger charge is 1.98. The molecule has 78 valence electrons. The lowest BCUT2D eigenvalue weighted by Crippen LogP contribution is -2.34. The second-order valence-corrected chi connectivity index (χ2v) is 3.28. The summed E-state index contributed by atoms with van der Waals surface area (Å²) in [6.07, 6.45) is 1.97. The van der Waals surface area contributed by atoms with Crippen molar-refractivity contribution in [2.45, 2.75) is 26.9 Å². The first-order chi connectivity index (χ1) is 6.76. The van der Waals surface area contributed by atoms with Gasteiger partial charge in [0.15, 0.2) is 5.11 Å². The molecule has 14 heavy (non-hydrogen) atoms. The van der Waals surface area contributed by atoms with Crippen molar-refractivity contribution in [3.05, 3.63) is 18.0 Å². The van der Waals surface area contributed by atoms with E-state index in [0.29, 0.717) is 11.7 Å². The van der Waals surface area contributed by atoms with Crippen LogP contribution < -0.4 is 10.6 Å². The lowest BCUT2D eigenvalue weighted by atomic mass is 10.4. The van der Waals surface area contributed by atoms with Gasteiger partial charge in [0, 0.05) is 19.3 Å². The second kappa shape index (κ2) is 5.59. The fourth-order valence-corrected chi connectivity index (χ4v) is 1.28. The van der Waals surface area contributed by atoms with Gasteiger partial charge in [-0.3, -0.25) is 4.68 Å². The molecular weight excluding hydrogens is 196 g/mol. The summed E-state index contributed by atoms with van der Waals surface area (Å²) < 4.78 is 1.90. The van der Waals surface area contributed by atoms with Crippen molar-refractivity contribution in [1.82, 2.24) is 20.4 Å². The Balaban J connectivity index is 2.34. The smallest absolute Gasteiger partial charge is 0.166 e. The van der Waals surface area contributed by atoms with E-state index in [1.54, 1.807) is 0 Å². The predicted molar refractivity (Wildman–Crippen MR) is 61.0 cm³/mol. The molecule has 0 fully saturated rings. The number of aryl methyl sites for hydroxylation is 1. The first-order valence-corrected chi connectivity index (χ1v) is 5.21. The number of nitrogens with one attached hydrogen (secondary N) is 2. The van der Waals surface area contributed by atoms with Crippen molar-refractivity contribution in [2.75, 3.05) is 6.54 Å². The van der Waals surface area contributed by atoms with Crippen LogP contribution in [-0.2, 0) is 13.1 Å². The van der Waals surface area contributed by atoms with Crippen molar-refractivity contribution >= 4 is 17.3 Å². The van der Waals surface area contributed by atoms with Gasteiger partial charge < -0.3 is 10.6 Å². The fraction of sp³-hybridized carbons (Fsp3) is 0.556. The summed E-state index contributed by atoms with van der Waals surface area (Å²) in [7, 11) is 0. The topological polar surface area (TPSA) is 41.9 Å². The molecule has 1 aromatic rings. The fourth-order valence-electron chi connectivity index (χ4n) is 1.07. The molecule has 2 N–H and O–H groups in total. The van der Waals surface area contributed by atoms with E-state index in [9.17, 15) is 0 Å². The van der Waals surface area contributed by atoms with Gasteiger partial charge in [-0.1, -0.05) is 0 Å². The van der Waals surface area contributed by atoms with Gasteiger partial charge in [-0.2, -0.15) is 5.10 Å². The molecule has 5 heteroatoms. The summed E-state index contributed by atoms with van der Waals surface area (Å²) in [4.78, 5) is 0. The van der Waals surface area contributed by atoms with Gasteiger partial charge in [-0.05, 0) is 32.1 Å². The Kier molecular flexibility index (Phi) is 4.39. The highest BCUT2D eigenvalue weighted by molar-refractivity contribution is 7.80. The van der Waals surface area contributed by atoms with Crippen molar-refractivity contribution in [3.63, 3.8) is 0 Å². The maximum absolute atomic E-state index is 5.03. The summed E-state index contributed by atoms with van der Waals surface area (Å²) in [5.74, 6) is 0. The van der Waals surface area contributed by atoms with Crippen molar-refractivity contribution in [3.8, 4) is 0 Å². The van der Waals surface area contributed by atoms with Crippen LogP contribution >= 0.6 is 12.2 Å². The standard InChI is InChI=1S/C9H16N4S/c1-3-10-9(14)11-7-8-5-6-13(4-2)12-8/h5-6H,3-4,7H2,1-2H3,(H2,10,11,14). The molecule has 0 radical (unpaired) electrons. The average Bonchev–Trinajstić information content (AvgIpc) is 2.63. The van der Waals surface area contributed by atoms with Crippen LogP contribution in [0.3, 0.4) is 0 Å². The molecule has 0 aromatic carbocycles. The molecule has 1 aromatic heterocycles. The summed E-state index contributed by atoms with van der Waals surface area (Å²) in [5.41, 5.74) is 1.01. The zero-order valence-corrected chi connectivity index (χ0v) is 9.40. The monoisotopic (exact) mass is 212 g/mol. The van der Waals surface area contributed by atoms with Crippen LogP contribution in [0.2, 0.25) is 0 Å². The van der Waals surface area contributed by atoms with Crippen LogP contribution in [0.15, 0.2) is 12.3 Å². The number of nitrogens with zero attached hydrogens (tertiary/aromatic N) is 2. The van der Waals surface area contributed by atoms with Crippen molar-refractivity contribution in [2.24, 2.45) is 0 Å². The second-order valence-electron chi connectivity index (χ2n) is 2.88. The summed E-state index contributed by atoms with van der Waals surface area (Å²) in [6.45, 7) is 6.50. The Bertz CT molecular complexity index is 295. The van der Waals surface area contributed by atoms with E-state index >= 15 is 0 Å². The molecule has 0 aliphatic rings. The first kappa shape index (κ1) is 11.0. The quantitative estimate of drug-likeness (QED) is 0.727. The van der Waals surface area contributed by atoms with E-state index in [0.717, 1.165) is 18.8 Å². The number of aromatic nitrogens is 2. The first-order valence-electron chi connectivity index (χ1n) is 4.80. The SMILES string of the molecule is CCNC(=S)NCc1ccn(CC)n1. The zero-order chi connectivity index (χ0) is 10.4. The molecule has 0 unspecified atom stereocenters. The van der Waals surface area contributed by atoms with Crippen molar-refractivity contribution < 1.29 is 0 Å². The van der Waals surface area contributed by atoms with Crippen LogP contribution in [0, 0.1) is 0 Å². The van der Waals surface area contributed by atoms with E-state index in [1.807, 2.05) is 23.9 Å². The summed E-state index contributed by atoms with van der Waals surface area (Å²) in [6, 6.07) is 1.99. The van der Waals surface area contributed by atoms with E-state index in [-0.39, 0.29) is 0 Å². The summed E-state index contributed by atoms with van der Waals surface area (Å²) >= 11 is 5.03. The van der Waals surface area contributed by atoms with E-state index in [1.165, 1.54) is 0 Å². The third-order valence-corrected chi connectivity index (χ3v) is 2.08. The number of thiocarbonyl (C=S) groups is 1. The highest BCUT2D eigenvalue weighted by atomic mass is 32.1. The highest BCUT2D eigenvalue weighted by Crippen LogP contribution is 1.94. The van der Waals surface area contributed by atoms with E-state index in [4.69, 9.17) is 12.2 Å². The minimum absolute atomic E-state index is 0.679. The van der Waals surface area contributed by atoms with Gasteiger partial charge in [0.25, 0.3) is 0 Å². The van der Waals surface area contributed by atoms with Gasteiger partial charge >= 0.3 is 0 Å². The van der Waals surface area contributed by atoms with Crippen LogP contribution in [-0.4, -0.2) is 21.4 Å². The minimum atomic E-state index is 0.679. The van der Waals surface area contributed by atoms with Crippen LogP contribution in [0.5, 0.6) is 0 Å². The zero-order valence-electron chi connectivity index (χ0n) is 8.58. The average molecular weight is 212 g/mol. The molecule has 1 rings (SSSR count). The Morgan fingerprint density at radius 1 is 1.50 bits per heavy atom. The number of hydrogen-bond donors (Lipinski definition) is 2. The molecular formula is C9H16N4S. The predicted octanol–water partition coefficient (Wildman–Crippen LogP) is 0.887. The van der Waals surface area contributed by atoms with Gasteiger partial charge in [0.1, 0.15) is 0 Å². The molecule has 0 saturated heterocycles. The molecule has 0 atom stereocenters. The third-order valence-electron chi connectivity index (χ3n) is 1.79. The number of rotatable bonds is 4. The molecule has 0 saturated carbocycles. The van der Waals surface area contributed by atoms with Gasteiger partial charge in [0.2, 0.25) is 0 Å². The maximum atomic E-state index is 5.03. The van der Waals surface area contributed by atoms with Crippen molar-refractivity contribution in [1.29, 1.82) is 0 Å². The molecule has 1 heterocycles. The molecule has 0 aliphatic heterocycles. The molecule has 0 aliphatic carbocycles. The maximum Gasteiger partial charge on any atom is 0.166 e. The van der Waals surface area contributed by atoms with Gasteiger partial charge in [-0.25, -0.2) is 0 Å². The van der Waals surface area contributed by atoms with Crippen LogP contribution in [0.25, 0.3) is 0 Å². The van der Waals surface area contributed by atoms with E-state index < -0.39 is 0 Å². The molecule has 4 nitrogen and oxygen atoms in total. The Hall–Kier alpha value is -1.10.